The Morgan fingerprint density at radius 2 is 1.25 bits per heavy atom. The van der Waals surface area contributed by atoms with E-state index in [1.54, 1.807) is 11.0 Å². The smallest absolute Gasteiger partial charge is 0.381 e. The van der Waals surface area contributed by atoms with Crippen molar-refractivity contribution in [1.29, 1.82) is 0 Å². The fourth-order valence-corrected chi connectivity index (χ4v) is 3.31. The van der Waals surface area contributed by atoms with Crippen LogP contribution in [0.5, 0.6) is 0 Å². The zero-order valence-electron chi connectivity index (χ0n) is 12.2. The topological polar surface area (TPSA) is 51.6 Å². The van der Waals surface area contributed by atoms with Crippen LogP contribution in [0.25, 0.3) is 21.1 Å². The third-order valence-corrected chi connectivity index (χ3v) is 4.71. The predicted octanol–water partition coefficient (Wildman–Crippen LogP) is 3.91. The van der Waals surface area contributed by atoms with Gasteiger partial charge in [0.05, 0.1) is 0 Å². The maximum Gasteiger partial charge on any atom is 2.00 e. The SMILES string of the molecule is [Pt+2].[c-]1ncsc1-c1cccc(Cc2cccc(-c3[c-]ncs3)n2)n1. The van der Waals surface area contributed by atoms with E-state index in [-0.39, 0.29) is 21.1 Å². The number of rotatable bonds is 4. The van der Waals surface area contributed by atoms with Gasteiger partial charge in [-0.15, -0.1) is 0 Å². The fraction of sp³-hybridized carbons (Fsp3) is 0.0588. The second kappa shape index (κ2) is 7.88. The Balaban J connectivity index is 0.00000169. The summed E-state index contributed by atoms with van der Waals surface area (Å²) in [6, 6.07) is 12.0. The third kappa shape index (κ3) is 3.83. The van der Waals surface area contributed by atoms with Crippen LogP contribution in [0.2, 0.25) is 0 Å². The number of pyridine rings is 2. The molecule has 4 aromatic rings. The van der Waals surface area contributed by atoms with Gasteiger partial charge in [0.1, 0.15) is 0 Å². The van der Waals surface area contributed by atoms with Crippen LogP contribution in [-0.4, -0.2) is 19.9 Å². The van der Waals surface area contributed by atoms with Crippen molar-refractivity contribution in [2.24, 2.45) is 0 Å². The van der Waals surface area contributed by atoms with Crippen molar-refractivity contribution in [1.82, 2.24) is 19.9 Å². The van der Waals surface area contributed by atoms with Gasteiger partial charge < -0.3 is 19.9 Å². The van der Waals surface area contributed by atoms with Gasteiger partial charge in [-0.3, -0.25) is 0 Å². The number of nitrogens with zero attached hydrogens (tertiary/aromatic N) is 4. The maximum atomic E-state index is 4.68. The minimum atomic E-state index is 0. The summed E-state index contributed by atoms with van der Waals surface area (Å²) < 4.78 is 0. The first-order chi connectivity index (χ1) is 11.4. The first-order valence-corrected chi connectivity index (χ1v) is 8.69. The molecule has 0 saturated heterocycles. The summed E-state index contributed by atoms with van der Waals surface area (Å²) in [7, 11) is 0. The molecule has 4 nitrogen and oxygen atoms in total. The van der Waals surface area contributed by atoms with E-state index in [1.165, 1.54) is 22.7 Å². The summed E-state index contributed by atoms with van der Waals surface area (Å²) in [6.45, 7) is 0. The van der Waals surface area contributed by atoms with Crippen LogP contribution < -0.4 is 0 Å². The molecule has 0 spiro atoms. The molecule has 0 N–H and O–H groups in total. The molecule has 0 amide bonds. The second-order valence-corrected chi connectivity index (χ2v) is 6.50. The normalized spacial score (nSPS) is 10.3. The van der Waals surface area contributed by atoms with E-state index in [1.807, 2.05) is 36.4 Å². The van der Waals surface area contributed by atoms with Gasteiger partial charge in [-0.2, -0.15) is 0 Å². The predicted molar refractivity (Wildman–Crippen MR) is 91.2 cm³/mol. The first-order valence-electron chi connectivity index (χ1n) is 6.93. The minimum Gasteiger partial charge on any atom is -0.381 e. The third-order valence-electron chi connectivity index (χ3n) is 3.22. The summed E-state index contributed by atoms with van der Waals surface area (Å²) in [5, 5.41) is 0. The molecule has 0 aliphatic carbocycles. The molecule has 0 fully saturated rings. The molecule has 0 radical (unpaired) electrons. The van der Waals surface area contributed by atoms with Crippen LogP contribution in [0.3, 0.4) is 0 Å². The van der Waals surface area contributed by atoms with Crippen LogP contribution in [0.15, 0.2) is 47.4 Å². The Kier molecular flexibility index (Phi) is 5.61. The average Bonchev–Trinajstić information content (AvgIpc) is 3.29. The Morgan fingerprint density at radius 3 is 1.67 bits per heavy atom. The number of hydrogen-bond acceptors (Lipinski definition) is 6. The van der Waals surface area contributed by atoms with Crippen molar-refractivity contribution < 1.29 is 21.1 Å². The van der Waals surface area contributed by atoms with E-state index >= 15 is 0 Å². The van der Waals surface area contributed by atoms with Crippen molar-refractivity contribution in [3.05, 3.63) is 71.2 Å². The number of aromatic nitrogens is 4. The Morgan fingerprint density at radius 1 is 0.750 bits per heavy atom. The molecule has 7 heteroatoms. The summed E-state index contributed by atoms with van der Waals surface area (Å²) in [4.78, 5) is 19.2. The van der Waals surface area contributed by atoms with Crippen molar-refractivity contribution >= 4 is 22.7 Å². The van der Waals surface area contributed by atoms with E-state index in [0.29, 0.717) is 6.42 Å². The molecule has 4 rings (SSSR count). The quantitative estimate of drug-likeness (QED) is 0.377. The summed E-state index contributed by atoms with van der Waals surface area (Å²) in [5.41, 5.74) is 7.28. The number of thiazole rings is 2. The van der Waals surface area contributed by atoms with Crippen molar-refractivity contribution in [2.75, 3.05) is 0 Å². The minimum absolute atomic E-state index is 0. The van der Waals surface area contributed by atoms with E-state index in [4.69, 9.17) is 0 Å². The van der Waals surface area contributed by atoms with Gasteiger partial charge in [0, 0.05) is 17.8 Å². The van der Waals surface area contributed by atoms with E-state index < -0.39 is 0 Å². The van der Waals surface area contributed by atoms with Crippen molar-refractivity contribution in [3.63, 3.8) is 0 Å². The van der Waals surface area contributed by atoms with Gasteiger partial charge in [0.15, 0.2) is 0 Å². The Bertz CT molecular complexity index is 832. The van der Waals surface area contributed by atoms with Gasteiger partial charge in [0.25, 0.3) is 0 Å². The van der Waals surface area contributed by atoms with Crippen molar-refractivity contribution in [2.45, 2.75) is 6.42 Å². The first kappa shape index (κ1) is 17.1. The van der Waals surface area contributed by atoms with Gasteiger partial charge in [-0.25, -0.2) is 22.7 Å². The van der Waals surface area contributed by atoms with Crippen LogP contribution in [-0.2, 0) is 27.5 Å². The molecule has 4 heterocycles. The largest absolute Gasteiger partial charge is 2.00 e. The van der Waals surface area contributed by atoms with E-state index in [0.717, 1.165) is 32.5 Å². The van der Waals surface area contributed by atoms with Gasteiger partial charge in [-0.05, 0) is 34.5 Å². The molecular formula is C17H10N4PtS2. The molecule has 0 atom stereocenters. The van der Waals surface area contributed by atoms with Crippen LogP contribution in [0, 0.1) is 12.4 Å². The van der Waals surface area contributed by atoms with E-state index in [2.05, 4.69) is 32.3 Å². The van der Waals surface area contributed by atoms with Crippen LogP contribution >= 0.6 is 22.7 Å². The van der Waals surface area contributed by atoms with Gasteiger partial charge in [0.2, 0.25) is 0 Å². The molecule has 120 valence electrons. The summed E-state index contributed by atoms with van der Waals surface area (Å²) in [5.74, 6) is 0. The molecular weight excluding hydrogens is 519 g/mol. The summed E-state index contributed by atoms with van der Waals surface area (Å²) in [6.07, 6.45) is 6.59. The molecule has 0 aliphatic heterocycles. The van der Waals surface area contributed by atoms with Gasteiger partial charge >= 0.3 is 21.1 Å². The van der Waals surface area contributed by atoms with E-state index in [9.17, 15) is 0 Å². The zero-order valence-corrected chi connectivity index (χ0v) is 16.2. The van der Waals surface area contributed by atoms with Crippen LogP contribution in [0.4, 0.5) is 0 Å². The molecule has 4 aromatic heterocycles. The standard InChI is InChI=1S/C17H10N4S2.Pt/c1-3-12(20-14(5-1)16-8-18-10-22-16)7-13-4-2-6-15(21-13)17-9-19-11-23-17;/h1-6,10-11H,7H2;/q-2;+2. The maximum absolute atomic E-state index is 4.68. The van der Waals surface area contributed by atoms with Gasteiger partial charge in [-0.1, -0.05) is 46.4 Å². The average molecular weight is 530 g/mol. The molecule has 0 unspecified atom stereocenters. The molecule has 0 aliphatic rings. The molecule has 24 heavy (non-hydrogen) atoms. The van der Waals surface area contributed by atoms with Crippen molar-refractivity contribution in [3.8, 4) is 21.1 Å². The summed E-state index contributed by atoms with van der Waals surface area (Å²) >= 11 is 3.07. The number of hydrogen-bond donors (Lipinski definition) is 0. The zero-order chi connectivity index (χ0) is 15.5. The van der Waals surface area contributed by atoms with Crippen LogP contribution in [0.1, 0.15) is 11.4 Å². The Labute approximate surface area is 162 Å². The monoisotopic (exact) mass is 529 g/mol. The fourth-order valence-electron chi connectivity index (χ4n) is 2.21. The molecule has 0 saturated carbocycles. The molecule has 0 aromatic carbocycles. The second-order valence-electron chi connectivity index (χ2n) is 4.79. The Hall–Kier alpha value is -1.75. The molecule has 0 bridgehead atoms.